The maximum Gasteiger partial charge on any atom is 0.300 e. The molecule has 0 aromatic heterocycles. The summed E-state index contributed by atoms with van der Waals surface area (Å²) in [7, 11) is 0. The van der Waals surface area contributed by atoms with Gasteiger partial charge in [0.1, 0.15) is 11.5 Å². The number of Topliss-reactive ketones (excluding diaryl/α,β-unsaturated/α-hetero) is 1. The van der Waals surface area contributed by atoms with E-state index in [-0.39, 0.29) is 21.9 Å². The molecule has 3 aromatic carbocycles. The van der Waals surface area contributed by atoms with Crippen molar-refractivity contribution in [1.82, 2.24) is 0 Å². The Bertz CT molecular complexity index is 1270. The van der Waals surface area contributed by atoms with Gasteiger partial charge in [0.15, 0.2) is 0 Å². The number of aliphatic hydroxyl groups is 1. The molecule has 1 atom stereocenters. The van der Waals surface area contributed by atoms with Crippen molar-refractivity contribution in [1.29, 1.82) is 0 Å². The first-order chi connectivity index (χ1) is 15.8. The summed E-state index contributed by atoms with van der Waals surface area (Å²) in [5.74, 6) is -1.24. The molecule has 1 N–H and O–H groups in total. The van der Waals surface area contributed by atoms with Crippen LogP contribution in [0.5, 0.6) is 5.75 Å². The number of anilines is 1. The van der Waals surface area contributed by atoms with Crippen LogP contribution in [0.1, 0.15) is 29.7 Å². The maximum atomic E-state index is 13.2. The molecule has 1 heterocycles. The van der Waals surface area contributed by atoms with Gasteiger partial charge < -0.3 is 9.84 Å². The number of rotatable bonds is 5. The number of halogens is 2. The van der Waals surface area contributed by atoms with E-state index >= 15 is 0 Å². The summed E-state index contributed by atoms with van der Waals surface area (Å²) >= 11 is 12.1. The van der Waals surface area contributed by atoms with E-state index in [1.54, 1.807) is 42.5 Å². The zero-order valence-corrected chi connectivity index (χ0v) is 19.5. The number of nitrogens with zero attached hydrogens (tertiary/aromatic N) is 1. The Morgan fingerprint density at radius 3 is 2.39 bits per heavy atom. The molecule has 33 heavy (non-hydrogen) atoms. The number of carbonyl (C=O) groups is 2. The van der Waals surface area contributed by atoms with E-state index in [0.717, 1.165) is 5.56 Å². The zero-order chi connectivity index (χ0) is 23.7. The van der Waals surface area contributed by atoms with Crippen molar-refractivity contribution in [2.24, 2.45) is 0 Å². The molecule has 7 heteroatoms. The molecule has 5 nitrogen and oxygen atoms in total. The Kier molecular flexibility index (Phi) is 6.45. The average Bonchev–Trinajstić information content (AvgIpc) is 3.07. The molecule has 0 spiro atoms. The van der Waals surface area contributed by atoms with Crippen molar-refractivity contribution >= 4 is 46.3 Å². The van der Waals surface area contributed by atoms with Crippen molar-refractivity contribution in [3.8, 4) is 5.75 Å². The standard InChI is InChI=1S/C26H21Cl2NO4/c1-3-33-19-6-4-5-16(13-19)23-22(24(30)17-9-12-20(27)21(28)14-17)25(31)26(32)29(23)18-10-7-15(2)8-11-18/h4-14,23,30H,3H2,1-2H3/b24-22-. The lowest BCUT2D eigenvalue weighted by atomic mass is 9.95. The van der Waals surface area contributed by atoms with Crippen LogP contribution in [0.2, 0.25) is 10.0 Å². The molecular weight excluding hydrogens is 461 g/mol. The van der Waals surface area contributed by atoms with Gasteiger partial charge in [-0.1, -0.05) is 53.0 Å². The fourth-order valence-corrected chi connectivity index (χ4v) is 4.16. The first-order valence-electron chi connectivity index (χ1n) is 10.4. The predicted octanol–water partition coefficient (Wildman–Crippen LogP) is 6.33. The third-order valence-electron chi connectivity index (χ3n) is 5.43. The second-order valence-corrected chi connectivity index (χ2v) is 8.45. The average molecular weight is 482 g/mol. The highest BCUT2D eigenvalue weighted by molar-refractivity contribution is 6.51. The number of benzene rings is 3. The molecule has 0 bridgehead atoms. The van der Waals surface area contributed by atoms with Crippen molar-refractivity contribution in [3.63, 3.8) is 0 Å². The highest BCUT2D eigenvalue weighted by atomic mass is 35.5. The van der Waals surface area contributed by atoms with E-state index in [4.69, 9.17) is 27.9 Å². The Labute approximate surface area is 201 Å². The van der Waals surface area contributed by atoms with Crippen LogP contribution in [-0.2, 0) is 9.59 Å². The number of hydrogen-bond donors (Lipinski definition) is 1. The summed E-state index contributed by atoms with van der Waals surface area (Å²) in [6.45, 7) is 4.27. The molecule has 1 saturated heterocycles. The monoisotopic (exact) mass is 481 g/mol. The van der Waals surface area contributed by atoms with E-state index < -0.39 is 17.7 Å². The van der Waals surface area contributed by atoms with E-state index in [1.165, 1.54) is 17.0 Å². The van der Waals surface area contributed by atoms with Crippen LogP contribution < -0.4 is 9.64 Å². The number of ether oxygens (including phenoxy) is 1. The van der Waals surface area contributed by atoms with Crippen molar-refractivity contribution < 1.29 is 19.4 Å². The lowest BCUT2D eigenvalue weighted by molar-refractivity contribution is -0.132. The first kappa shape index (κ1) is 22.9. The van der Waals surface area contributed by atoms with E-state index in [9.17, 15) is 14.7 Å². The number of aliphatic hydroxyl groups excluding tert-OH is 1. The summed E-state index contributed by atoms with van der Waals surface area (Å²) in [6.07, 6.45) is 0. The molecule has 1 unspecified atom stereocenters. The minimum absolute atomic E-state index is 0.0346. The van der Waals surface area contributed by atoms with Crippen molar-refractivity contribution in [2.45, 2.75) is 19.9 Å². The second kappa shape index (κ2) is 9.30. The van der Waals surface area contributed by atoms with E-state index in [2.05, 4.69) is 0 Å². The number of ketones is 1. The maximum absolute atomic E-state index is 13.2. The van der Waals surface area contributed by atoms with Gasteiger partial charge in [-0.25, -0.2) is 0 Å². The molecule has 3 aromatic rings. The Morgan fingerprint density at radius 2 is 1.73 bits per heavy atom. The molecular formula is C26H21Cl2NO4. The van der Waals surface area contributed by atoms with Crippen LogP contribution in [0.4, 0.5) is 5.69 Å². The molecule has 0 radical (unpaired) electrons. The summed E-state index contributed by atoms with van der Waals surface area (Å²) in [4.78, 5) is 27.8. The van der Waals surface area contributed by atoms with Gasteiger partial charge in [-0.15, -0.1) is 0 Å². The quantitative estimate of drug-likeness (QED) is 0.262. The van der Waals surface area contributed by atoms with Crippen LogP contribution in [0.3, 0.4) is 0 Å². The van der Waals surface area contributed by atoms with Crippen LogP contribution in [0, 0.1) is 6.92 Å². The lowest BCUT2D eigenvalue weighted by Crippen LogP contribution is -2.29. The van der Waals surface area contributed by atoms with Crippen molar-refractivity contribution in [2.75, 3.05) is 11.5 Å². The van der Waals surface area contributed by atoms with E-state index in [1.807, 2.05) is 26.0 Å². The Morgan fingerprint density at radius 1 is 1.00 bits per heavy atom. The second-order valence-electron chi connectivity index (χ2n) is 7.64. The molecule has 1 fully saturated rings. The van der Waals surface area contributed by atoms with Crippen LogP contribution in [0.15, 0.2) is 72.3 Å². The SMILES string of the molecule is CCOc1cccc(C2/C(=C(/O)c3ccc(Cl)c(Cl)c3)C(=O)C(=O)N2c2ccc(C)cc2)c1. The fourth-order valence-electron chi connectivity index (χ4n) is 3.86. The van der Waals surface area contributed by atoms with E-state index in [0.29, 0.717) is 28.6 Å². The molecule has 0 aliphatic carbocycles. The third-order valence-corrected chi connectivity index (χ3v) is 6.17. The minimum atomic E-state index is -0.859. The van der Waals surface area contributed by atoms with Gasteiger partial charge in [0.05, 0.1) is 28.3 Å². The lowest BCUT2D eigenvalue weighted by Gasteiger charge is -2.26. The number of aryl methyl sites for hydroxylation is 1. The first-order valence-corrected chi connectivity index (χ1v) is 11.1. The highest BCUT2D eigenvalue weighted by Gasteiger charge is 2.47. The fraction of sp³-hybridized carbons (Fsp3) is 0.154. The smallest absolute Gasteiger partial charge is 0.300 e. The Balaban J connectivity index is 1.94. The molecule has 168 valence electrons. The third kappa shape index (κ3) is 4.34. The number of amides is 1. The zero-order valence-electron chi connectivity index (χ0n) is 18.0. The van der Waals surface area contributed by atoms with Gasteiger partial charge in [-0.2, -0.15) is 0 Å². The van der Waals surface area contributed by atoms with Crippen molar-refractivity contribution in [3.05, 3.63) is 99.0 Å². The van der Waals surface area contributed by atoms with Gasteiger partial charge >= 0.3 is 0 Å². The number of carbonyl (C=O) groups excluding carboxylic acids is 2. The summed E-state index contributed by atoms with van der Waals surface area (Å²) in [5.41, 5.74) is 2.44. The van der Waals surface area contributed by atoms with Crippen LogP contribution >= 0.6 is 23.2 Å². The van der Waals surface area contributed by atoms with Gasteiger partial charge in [0.25, 0.3) is 11.7 Å². The van der Waals surface area contributed by atoms with Gasteiger partial charge in [-0.3, -0.25) is 14.5 Å². The molecule has 1 aliphatic heterocycles. The highest BCUT2D eigenvalue weighted by Crippen LogP contribution is 2.43. The predicted molar refractivity (Wildman–Crippen MR) is 130 cm³/mol. The topological polar surface area (TPSA) is 66.8 Å². The largest absolute Gasteiger partial charge is 0.507 e. The molecule has 0 saturated carbocycles. The van der Waals surface area contributed by atoms with Crippen LogP contribution in [0.25, 0.3) is 5.76 Å². The Hall–Kier alpha value is -3.28. The summed E-state index contributed by atoms with van der Waals surface area (Å²) in [6, 6.07) is 18.1. The molecule has 4 rings (SSSR count). The summed E-state index contributed by atoms with van der Waals surface area (Å²) in [5, 5.41) is 11.7. The van der Waals surface area contributed by atoms with Gasteiger partial charge in [0, 0.05) is 11.3 Å². The molecule has 1 amide bonds. The van der Waals surface area contributed by atoms with Gasteiger partial charge in [0.2, 0.25) is 0 Å². The summed E-state index contributed by atoms with van der Waals surface area (Å²) < 4.78 is 5.63. The van der Waals surface area contributed by atoms with Gasteiger partial charge in [-0.05, 0) is 61.9 Å². The normalized spacial score (nSPS) is 17.5. The minimum Gasteiger partial charge on any atom is -0.507 e. The molecule has 1 aliphatic rings. The van der Waals surface area contributed by atoms with Crippen LogP contribution in [-0.4, -0.2) is 23.4 Å². The number of hydrogen-bond acceptors (Lipinski definition) is 4.